The largest absolute Gasteiger partial charge is 0.478 e. The first kappa shape index (κ1) is 15.6. The minimum Gasteiger partial charge on any atom is -0.478 e. The molecule has 0 atom stereocenters. The van der Waals surface area contributed by atoms with E-state index in [-0.39, 0.29) is 0 Å². The fourth-order valence-corrected chi connectivity index (χ4v) is 3.33. The van der Waals surface area contributed by atoms with E-state index in [1.807, 2.05) is 18.7 Å². The second-order valence-corrected chi connectivity index (χ2v) is 6.00. The zero-order valence-electron chi connectivity index (χ0n) is 13.4. The fraction of sp³-hybridized carbons (Fsp3) is 0.625. The summed E-state index contributed by atoms with van der Waals surface area (Å²) in [6, 6.07) is 0. The lowest BCUT2D eigenvalue weighted by atomic mass is 9.82. The average molecular weight is 291 g/mol. The van der Waals surface area contributed by atoms with E-state index in [9.17, 15) is 4.79 Å². The summed E-state index contributed by atoms with van der Waals surface area (Å²) in [7, 11) is 1.93. The molecule has 5 heteroatoms. The highest BCUT2D eigenvalue weighted by atomic mass is 16.4. The lowest BCUT2D eigenvalue weighted by molar-refractivity contribution is -0.131. The van der Waals surface area contributed by atoms with Crippen molar-refractivity contribution in [3.63, 3.8) is 0 Å². The van der Waals surface area contributed by atoms with Crippen LogP contribution in [0.1, 0.15) is 44.4 Å². The summed E-state index contributed by atoms with van der Waals surface area (Å²) in [6.07, 6.45) is 6.40. The predicted octanol–water partition coefficient (Wildman–Crippen LogP) is 2.84. The van der Waals surface area contributed by atoms with Crippen LogP contribution in [0.15, 0.2) is 6.08 Å². The predicted molar refractivity (Wildman–Crippen MR) is 84.5 cm³/mol. The van der Waals surface area contributed by atoms with Gasteiger partial charge in [-0.15, -0.1) is 0 Å². The van der Waals surface area contributed by atoms with Crippen molar-refractivity contribution in [2.24, 2.45) is 12.5 Å². The molecule has 0 radical (unpaired) electrons. The van der Waals surface area contributed by atoms with Gasteiger partial charge in [0.05, 0.1) is 5.69 Å². The molecule has 2 rings (SSSR count). The number of hydrogen-bond donors (Lipinski definition) is 1. The maximum Gasteiger partial charge on any atom is 0.328 e. The van der Waals surface area contributed by atoms with E-state index in [1.54, 1.807) is 6.08 Å². The zero-order chi connectivity index (χ0) is 15.6. The summed E-state index contributed by atoms with van der Waals surface area (Å²) in [5, 5.41) is 13.3. The van der Waals surface area contributed by atoms with Gasteiger partial charge in [0.2, 0.25) is 0 Å². The van der Waals surface area contributed by atoms with Crippen molar-refractivity contribution in [1.29, 1.82) is 0 Å². The highest BCUT2D eigenvalue weighted by Gasteiger charge is 2.36. The van der Waals surface area contributed by atoms with Gasteiger partial charge in [-0.3, -0.25) is 4.68 Å². The number of nitrogens with zero attached hydrogens (tertiary/aromatic N) is 3. The minimum absolute atomic E-state index is 0.381. The third kappa shape index (κ3) is 2.96. The topological polar surface area (TPSA) is 58.4 Å². The van der Waals surface area contributed by atoms with Gasteiger partial charge in [0.25, 0.3) is 0 Å². The molecule has 0 aromatic carbocycles. The first-order valence-electron chi connectivity index (χ1n) is 7.62. The van der Waals surface area contributed by atoms with Crippen molar-refractivity contribution in [2.75, 3.05) is 18.0 Å². The number of aromatic nitrogens is 2. The van der Waals surface area contributed by atoms with Crippen LogP contribution in [-0.2, 0) is 11.8 Å². The number of anilines is 1. The summed E-state index contributed by atoms with van der Waals surface area (Å²) in [4.78, 5) is 13.1. The SMILES string of the molecule is CCC1(CC)CCN(c2c(/C=C/C(=O)O)c(C)nn2C)C1. The molecule has 0 spiro atoms. The van der Waals surface area contributed by atoms with E-state index in [0.717, 1.165) is 30.2 Å². The Hall–Kier alpha value is -1.78. The quantitative estimate of drug-likeness (QED) is 0.848. The highest BCUT2D eigenvalue weighted by molar-refractivity contribution is 5.87. The van der Waals surface area contributed by atoms with Gasteiger partial charge in [-0.1, -0.05) is 13.8 Å². The van der Waals surface area contributed by atoms with Crippen LogP contribution in [0.5, 0.6) is 0 Å². The molecule has 21 heavy (non-hydrogen) atoms. The monoisotopic (exact) mass is 291 g/mol. The molecule has 0 bridgehead atoms. The van der Waals surface area contributed by atoms with Gasteiger partial charge in [0, 0.05) is 31.8 Å². The van der Waals surface area contributed by atoms with Gasteiger partial charge in [-0.2, -0.15) is 5.10 Å². The van der Waals surface area contributed by atoms with Crippen molar-refractivity contribution in [3.8, 4) is 0 Å². The van der Waals surface area contributed by atoms with Gasteiger partial charge in [-0.05, 0) is 37.7 Å². The second kappa shape index (κ2) is 5.92. The molecule has 2 heterocycles. The smallest absolute Gasteiger partial charge is 0.328 e. The molecule has 1 aromatic heterocycles. The maximum absolute atomic E-state index is 10.8. The molecule has 1 aromatic rings. The zero-order valence-corrected chi connectivity index (χ0v) is 13.4. The van der Waals surface area contributed by atoms with Gasteiger partial charge in [0.1, 0.15) is 5.82 Å². The van der Waals surface area contributed by atoms with Crippen molar-refractivity contribution in [1.82, 2.24) is 9.78 Å². The van der Waals surface area contributed by atoms with Crippen LogP contribution < -0.4 is 4.90 Å². The molecule has 0 unspecified atom stereocenters. The molecule has 1 N–H and O–H groups in total. The van der Waals surface area contributed by atoms with E-state index >= 15 is 0 Å². The first-order valence-corrected chi connectivity index (χ1v) is 7.62. The van der Waals surface area contributed by atoms with E-state index in [4.69, 9.17) is 5.11 Å². The summed E-state index contributed by atoms with van der Waals surface area (Å²) in [5.74, 6) is 0.107. The van der Waals surface area contributed by atoms with E-state index in [1.165, 1.54) is 25.3 Å². The lowest BCUT2D eigenvalue weighted by Crippen LogP contribution is -2.28. The molecule has 0 amide bonds. The van der Waals surface area contributed by atoms with Crippen LogP contribution in [-0.4, -0.2) is 33.9 Å². The molecule has 0 aliphatic carbocycles. The second-order valence-electron chi connectivity index (χ2n) is 6.00. The number of carbonyl (C=O) groups is 1. The third-order valence-electron chi connectivity index (χ3n) is 4.87. The number of carboxylic acid groups (broad SMARTS) is 1. The number of carboxylic acids is 1. The summed E-state index contributed by atoms with van der Waals surface area (Å²) in [6.45, 7) is 8.47. The van der Waals surface area contributed by atoms with Crippen LogP contribution in [0.2, 0.25) is 0 Å². The normalized spacial score (nSPS) is 17.8. The van der Waals surface area contributed by atoms with Crippen LogP contribution >= 0.6 is 0 Å². The Kier molecular flexibility index (Phi) is 4.40. The first-order chi connectivity index (χ1) is 9.92. The number of aryl methyl sites for hydroxylation is 2. The minimum atomic E-state index is -0.929. The van der Waals surface area contributed by atoms with Crippen LogP contribution in [0.4, 0.5) is 5.82 Å². The third-order valence-corrected chi connectivity index (χ3v) is 4.87. The van der Waals surface area contributed by atoms with Crippen LogP contribution in [0, 0.1) is 12.3 Å². The van der Waals surface area contributed by atoms with Crippen LogP contribution in [0.25, 0.3) is 6.08 Å². The van der Waals surface area contributed by atoms with E-state index in [2.05, 4.69) is 23.8 Å². The van der Waals surface area contributed by atoms with E-state index < -0.39 is 5.97 Å². The Morgan fingerprint density at radius 1 is 1.43 bits per heavy atom. The number of rotatable bonds is 5. The molecule has 1 aliphatic heterocycles. The Morgan fingerprint density at radius 2 is 2.10 bits per heavy atom. The maximum atomic E-state index is 10.8. The highest BCUT2D eigenvalue weighted by Crippen LogP contribution is 2.40. The van der Waals surface area contributed by atoms with Crippen LogP contribution in [0.3, 0.4) is 0 Å². The molecule has 116 valence electrons. The fourth-order valence-electron chi connectivity index (χ4n) is 3.33. The van der Waals surface area contributed by atoms with E-state index in [0.29, 0.717) is 5.41 Å². The molecule has 1 aliphatic rings. The Balaban J connectivity index is 2.34. The van der Waals surface area contributed by atoms with Gasteiger partial charge in [-0.25, -0.2) is 4.79 Å². The van der Waals surface area contributed by atoms with Crippen molar-refractivity contribution in [3.05, 3.63) is 17.3 Å². The van der Waals surface area contributed by atoms with Gasteiger partial charge < -0.3 is 10.0 Å². The van der Waals surface area contributed by atoms with Crippen molar-refractivity contribution < 1.29 is 9.90 Å². The number of aliphatic carboxylic acids is 1. The van der Waals surface area contributed by atoms with Gasteiger partial charge >= 0.3 is 5.97 Å². The molecule has 1 saturated heterocycles. The molecule has 5 nitrogen and oxygen atoms in total. The Labute approximate surface area is 126 Å². The molecule has 1 fully saturated rings. The summed E-state index contributed by atoms with van der Waals surface area (Å²) >= 11 is 0. The summed E-state index contributed by atoms with van der Waals surface area (Å²) < 4.78 is 1.87. The Bertz CT molecular complexity index is 556. The molecular weight excluding hydrogens is 266 g/mol. The van der Waals surface area contributed by atoms with Crippen molar-refractivity contribution >= 4 is 17.9 Å². The lowest BCUT2D eigenvalue weighted by Gasteiger charge is -2.27. The van der Waals surface area contributed by atoms with Gasteiger partial charge in [0.15, 0.2) is 0 Å². The molecular formula is C16H25N3O2. The standard InChI is InChI=1S/C16H25N3O2/c1-5-16(6-2)9-10-19(11-16)15-13(7-8-14(20)21)12(3)17-18(15)4/h7-8H,5-6,9-11H2,1-4H3,(H,20,21)/b8-7+. The summed E-state index contributed by atoms with van der Waals surface area (Å²) in [5.41, 5.74) is 2.17. The van der Waals surface area contributed by atoms with Crippen molar-refractivity contribution in [2.45, 2.75) is 40.0 Å². The Morgan fingerprint density at radius 3 is 2.62 bits per heavy atom. The number of hydrogen-bond acceptors (Lipinski definition) is 3. The molecule has 0 saturated carbocycles. The average Bonchev–Trinajstić information content (AvgIpc) is 2.98.